The van der Waals surface area contributed by atoms with Gasteiger partial charge in [0.15, 0.2) is 0 Å². The van der Waals surface area contributed by atoms with Gasteiger partial charge < -0.3 is 19.6 Å². The standard InChI is InChI=1S/C24H22Cl2N2O3/c1-28(19-7-11-21(12-8-19)30-16-15-24(25)26)20-9-13-22(14-10-20)31-17-23(27-29)18-5-3-2-4-6-18/h2-15,29H,16-17H2,1H3. The van der Waals surface area contributed by atoms with Gasteiger partial charge in [-0.3, -0.25) is 0 Å². The van der Waals surface area contributed by atoms with Crippen LogP contribution in [-0.4, -0.2) is 31.2 Å². The van der Waals surface area contributed by atoms with E-state index in [1.165, 1.54) is 0 Å². The Balaban J connectivity index is 1.58. The summed E-state index contributed by atoms with van der Waals surface area (Å²) in [6.45, 7) is 0.479. The first-order chi connectivity index (χ1) is 15.1. The van der Waals surface area contributed by atoms with E-state index in [9.17, 15) is 5.21 Å². The van der Waals surface area contributed by atoms with Crippen molar-refractivity contribution in [2.75, 3.05) is 25.2 Å². The number of benzene rings is 3. The number of hydrogen-bond acceptors (Lipinski definition) is 5. The minimum absolute atomic E-state index is 0.168. The number of rotatable bonds is 9. The highest BCUT2D eigenvalue weighted by Crippen LogP contribution is 2.27. The predicted octanol–water partition coefficient (Wildman–Crippen LogP) is 6.41. The third-order valence-corrected chi connectivity index (χ3v) is 4.85. The molecular formula is C24H22Cl2N2O3. The highest BCUT2D eigenvalue weighted by molar-refractivity contribution is 6.55. The van der Waals surface area contributed by atoms with Crippen LogP contribution in [-0.2, 0) is 0 Å². The van der Waals surface area contributed by atoms with Crippen LogP contribution in [0.3, 0.4) is 0 Å². The Bertz CT molecular complexity index is 1020. The molecule has 1 N–H and O–H groups in total. The van der Waals surface area contributed by atoms with E-state index in [0.29, 0.717) is 18.1 Å². The van der Waals surface area contributed by atoms with Gasteiger partial charge in [0, 0.05) is 24.0 Å². The van der Waals surface area contributed by atoms with E-state index in [1.54, 1.807) is 6.08 Å². The Morgan fingerprint density at radius 2 is 1.42 bits per heavy atom. The molecule has 0 bridgehead atoms. The lowest BCUT2D eigenvalue weighted by Crippen LogP contribution is -2.13. The summed E-state index contributed by atoms with van der Waals surface area (Å²) in [5, 5.41) is 12.6. The summed E-state index contributed by atoms with van der Waals surface area (Å²) in [5.41, 5.74) is 3.28. The average Bonchev–Trinajstić information content (AvgIpc) is 2.80. The normalized spacial score (nSPS) is 11.0. The molecule has 0 atom stereocenters. The van der Waals surface area contributed by atoms with Crippen molar-refractivity contribution in [3.05, 3.63) is 95.0 Å². The molecule has 3 aromatic rings. The largest absolute Gasteiger partial charge is 0.489 e. The van der Waals surface area contributed by atoms with Gasteiger partial charge in [-0.05, 0) is 54.6 Å². The minimum atomic E-state index is 0.168. The summed E-state index contributed by atoms with van der Waals surface area (Å²) in [6, 6.07) is 24.8. The quantitative estimate of drug-likeness (QED) is 0.229. The molecule has 0 saturated heterocycles. The maximum absolute atomic E-state index is 9.27. The second-order valence-electron chi connectivity index (χ2n) is 6.55. The lowest BCUT2D eigenvalue weighted by molar-refractivity contribution is 0.308. The first-order valence-electron chi connectivity index (χ1n) is 9.54. The Labute approximate surface area is 191 Å². The van der Waals surface area contributed by atoms with Crippen molar-refractivity contribution in [3.63, 3.8) is 0 Å². The molecule has 160 valence electrons. The van der Waals surface area contributed by atoms with E-state index in [1.807, 2.05) is 90.8 Å². The molecule has 0 spiro atoms. The summed E-state index contributed by atoms with van der Waals surface area (Å²) in [6.07, 6.45) is 1.59. The van der Waals surface area contributed by atoms with Gasteiger partial charge in [-0.1, -0.05) is 58.7 Å². The third-order valence-electron chi connectivity index (χ3n) is 4.54. The van der Waals surface area contributed by atoms with Crippen molar-refractivity contribution < 1.29 is 14.7 Å². The van der Waals surface area contributed by atoms with Gasteiger partial charge in [-0.25, -0.2) is 0 Å². The van der Waals surface area contributed by atoms with Gasteiger partial charge in [0.2, 0.25) is 0 Å². The fourth-order valence-electron chi connectivity index (χ4n) is 2.83. The highest BCUT2D eigenvalue weighted by atomic mass is 35.5. The topological polar surface area (TPSA) is 54.3 Å². The van der Waals surface area contributed by atoms with Crippen molar-refractivity contribution in [2.45, 2.75) is 0 Å². The van der Waals surface area contributed by atoms with Gasteiger partial charge in [0.25, 0.3) is 0 Å². The zero-order valence-corrected chi connectivity index (χ0v) is 18.4. The van der Waals surface area contributed by atoms with Crippen molar-refractivity contribution in [1.29, 1.82) is 0 Å². The molecule has 0 aliphatic carbocycles. The molecule has 0 saturated carbocycles. The van der Waals surface area contributed by atoms with Crippen LogP contribution < -0.4 is 14.4 Å². The van der Waals surface area contributed by atoms with Crippen molar-refractivity contribution in [3.8, 4) is 11.5 Å². The second kappa shape index (κ2) is 11.3. The SMILES string of the molecule is CN(c1ccc(OCC=C(Cl)Cl)cc1)c1ccc(OCC(=NO)c2ccccc2)cc1. The molecule has 0 unspecified atom stereocenters. The molecule has 0 fully saturated rings. The summed E-state index contributed by atoms with van der Waals surface area (Å²) >= 11 is 11.1. The maximum Gasteiger partial charge on any atom is 0.134 e. The third kappa shape index (κ3) is 6.67. The molecule has 0 aliphatic rings. The second-order valence-corrected chi connectivity index (χ2v) is 7.56. The first-order valence-corrected chi connectivity index (χ1v) is 10.3. The van der Waals surface area contributed by atoms with E-state index < -0.39 is 0 Å². The number of oxime groups is 1. The molecule has 31 heavy (non-hydrogen) atoms. The number of nitrogens with zero attached hydrogens (tertiary/aromatic N) is 2. The summed E-state index contributed by atoms with van der Waals surface area (Å²) in [4.78, 5) is 2.05. The van der Waals surface area contributed by atoms with E-state index in [-0.39, 0.29) is 11.1 Å². The van der Waals surface area contributed by atoms with Crippen LogP contribution in [0.5, 0.6) is 11.5 Å². The first kappa shape index (κ1) is 22.5. The van der Waals surface area contributed by atoms with Crippen molar-refractivity contribution >= 4 is 40.3 Å². The van der Waals surface area contributed by atoms with Gasteiger partial charge in [0.1, 0.15) is 34.9 Å². The van der Waals surface area contributed by atoms with Crippen LogP contribution in [0.4, 0.5) is 11.4 Å². The summed E-state index contributed by atoms with van der Waals surface area (Å²) in [7, 11) is 1.98. The summed E-state index contributed by atoms with van der Waals surface area (Å²) < 4.78 is 11.5. The molecule has 0 amide bonds. The van der Waals surface area contributed by atoms with E-state index in [4.69, 9.17) is 32.7 Å². The lowest BCUT2D eigenvalue weighted by atomic mass is 10.1. The Morgan fingerprint density at radius 3 is 1.94 bits per heavy atom. The molecule has 3 aromatic carbocycles. The van der Waals surface area contributed by atoms with Crippen LogP contribution in [0.1, 0.15) is 5.56 Å². The fraction of sp³-hybridized carbons (Fsp3) is 0.125. The van der Waals surface area contributed by atoms with E-state index >= 15 is 0 Å². The Hall–Kier alpha value is -3.15. The molecule has 0 aliphatic heterocycles. The summed E-state index contributed by atoms with van der Waals surface area (Å²) in [5.74, 6) is 1.41. The van der Waals surface area contributed by atoms with Gasteiger partial charge >= 0.3 is 0 Å². The van der Waals surface area contributed by atoms with E-state index in [2.05, 4.69) is 5.16 Å². The van der Waals surface area contributed by atoms with Gasteiger partial charge in [0.05, 0.1) is 0 Å². The minimum Gasteiger partial charge on any atom is -0.489 e. The zero-order chi connectivity index (χ0) is 22.1. The number of halogens is 2. The fourth-order valence-corrected chi connectivity index (χ4v) is 2.96. The Morgan fingerprint density at radius 1 is 0.871 bits per heavy atom. The average molecular weight is 457 g/mol. The molecule has 0 radical (unpaired) electrons. The monoisotopic (exact) mass is 456 g/mol. The lowest BCUT2D eigenvalue weighted by Gasteiger charge is -2.20. The highest BCUT2D eigenvalue weighted by Gasteiger charge is 2.07. The molecule has 0 heterocycles. The molecule has 0 aromatic heterocycles. The van der Waals surface area contributed by atoms with Crippen LogP contribution in [0.15, 0.2) is 94.6 Å². The molecule has 7 heteroatoms. The van der Waals surface area contributed by atoms with E-state index in [0.717, 1.165) is 22.7 Å². The number of ether oxygens (including phenoxy) is 2. The van der Waals surface area contributed by atoms with Crippen molar-refractivity contribution in [1.82, 2.24) is 0 Å². The van der Waals surface area contributed by atoms with Crippen molar-refractivity contribution in [2.24, 2.45) is 5.16 Å². The maximum atomic E-state index is 9.27. The van der Waals surface area contributed by atoms with Gasteiger partial charge in [-0.2, -0.15) is 0 Å². The molecule has 5 nitrogen and oxygen atoms in total. The van der Waals surface area contributed by atoms with Gasteiger partial charge in [-0.15, -0.1) is 0 Å². The van der Waals surface area contributed by atoms with Crippen LogP contribution in [0.25, 0.3) is 0 Å². The molecular weight excluding hydrogens is 435 g/mol. The van der Waals surface area contributed by atoms with Crippen LogP contribution >= 0.6 is 23.2 Å². The number of hydrogen-bond donors (Lipinski definition) is 1. The van der Waals surface area contributed by atoms with Crippen LogP contribution in [0.2, 0.25) is 0 Å². The zero-order valence-electron chi connectivity index (χ0n) is 16.9. The number of anilines is 2. The smallest absolute Gasteiger partial charge is 0.134 e. The predicted molar refractivity (Wildman–Crippen MR) is 126 cm³/mol. The van der Waals surface area contributed by atoms with Crippen LogP contribution in [0, 0.1) is 0 Å². The molecule has 3 rings (SSSR count). The Kier molecular flexibility index (Phi) is 8.21.